The highest BCUT2D eigenvalue weighted by Crippen LogP contribution is 2.32. The Morgan fingerprint density at radius 3 is 2.63 bits per heavy atom. The lowest BCUT2D eigenvalue weighted by Crippen LogP contribution is -2.11. The number of hydrogen-bond acceptors (Lipinski definition) is 7. The number of para-hydroxylation sites is 1. The molecule has 7 heteroatoms. The molecular formula is C23H15NO6. The zero-order chi connectivity index (χ0) is 20.8. The molecule has 1 N–H and O–H groups in total. The molecule has 7 nitrogen and oxygen atoms in total. The Morgan fingerprint density at radius 2 is 1.83 bits per heavy atom. The van der Waals surface area contributed by atoms with Crippen molar-refractivity contribution in [2.45, 2.75) is 13.3 Å². The summed E-state index contributed by atoms with van der Waals surface area (Å²) in [6.07, 6.45) is 4.07. The fourth-order valence-corrected chi connectivity index (χ4v) is 3.60. The molecular weight excluding hydrogens is 386 g/mol. The Balaban J connectivity index is 1.72. The van der Waals surface area contributed by atoms with Crippen molar-refractivity contribution in [3.05, 3.63) is 92.3 Å². The monoisotopic (exact) mass is 401 g/mol. The van der Waals surface area contributed by atoms with Crippen LogP contribution in [0.2, 0.25) is 0 Å². The third-order valence-corrected chi connectivity index (χ3v) is 5.16. The van der Waals surface area contributed by atoms with Crippen LogP contribution in [0.4, 0.5) is 0 Å². The van der Waals surface area contributed by atoms with Crippen LogP contribution in [0.5, 0.6) is 5.75 Å². The summed E-state index contributed by atoms with van der Waals surface area (Å²) in [4.78, 5) is 25.9. The maximum absolute atomic E-state index is 13.0. The number of benzene rings is 2. The fraction of sp³-hybridized carbons (Fsp3) is 0.0870. The summed E-state index contributed by atoms with van der Waals surface area (Å²) < 4.78 is 16.1. The Labute approximate surface area is 168 Å². The minimum absolute atomic E-state index is 0.0348. The molecule has 2 aromatic carbocycles. The van der Waals surface area contributed by atoms with Gasteiger partial charge in [0, 0.05) is 23.6 Å². The number of aryl methyl sites for hydroxylation is 1. The van der Waals surface area contributed by atoms with Crippen molar-refractivity contribution < 1.29 is 18.5 Å². The summed E-state index contributed by atoms with van der Waals surface area (Å²) in [5.74, 6) is -0.0348. The maximum atomic E-state index is 13.0. The zero-order valence-electron chi connectivity index (χ0n) is 15.8. The van der Waals surface area contributed by atoms with E-state index in [1.807, 2.05) is 0 Å². The highest BCUT2D eigenvalue weighted by Gasteiger charge is 2.20. The summed E-state index contributed by atoms with van der Waals surface area (Å²) in [5, 5.41) is 15.2. The highest BCUT2D eigenvalue weighted by atomic mass is 16.5. The van der Waals surface area contributed by atoms with E-state index < -0.39 is 0 Å². The summed E-state index contributed by atoms with van der Waals surface area (Å²) in [6.45, 7) is 1.68. The summed E-state index contributed by atoms with van der Waals surface area (Å²) in [5.41, 5.74) is 1.97. The molecule has 5 rings (SSSR count). The van der Waals surface area contributed by atoms with Crippen LogP contribution >= 0.6 is 0 Å². The van der Waals surface area contributed by atoms with E-state index in [0.29, 0.717) is 33.4 Å². The first-order valence-corrected chi connectivity index (χ1v) is 9.21. The van der Waals surface area contributed by atoms with Gasteiger partial charge in [0.1, 0.15) is 35.1 Å². The number of nitrogens with zero attached hydrogens (tertiary/aromatic N) is 1. The molecule has 0 spiro atoms. The molecule has 3 aromatic heterocycles. The van der Waals surface area contributed by atoms with Crippen molar-refractivity contribution in [1.82, 2.24) is 5.16 Å². The van der Waals surface area contributed by atoms with E-state index in [2.05, 4.69) is 5.16 Å². The van der Waals surface area contributed by atoms with Crippen molar-refractivity contribution in [3.8, 4) is 17.0 Å². The van der Waals surface area contributed by atoms with Gasteiger partial charge in [-0.05, 0) is 30.7 Å². The molecule has 0 bridgehead atoms. The number of hydrogen-bond donors (Lipinski definition) is 1. The molecule has 0 saturated carbocycles. The molecule has 0 aliphatic rings. The molecule has 3 heterocycles. The second-order valence-electron chi connectivity index (χ2n) is 7.02. The summed E-state index contributed by atoms with van der Waals surface area (Å²) >= 11 is 0. The molecule has 0 atom stereocenters. The summed E-state index contributed by atoms with van der Waals surface area (Å²) in [7, 11) is 0. The lowest BCUT2D eigenvalue weighted by molar-refractivity contribution is 0.422. The Bertz CT molecular complexity index is 1530. The lowest BCUT2D eigenvalue weighted by atomic mass is 9.98. The maximum Gasteiger partial charge on any atom is 0.202 e. The largest absolute Gasteiger partial charge is 0.507 e. The van der Waals surface area contributed by atoms with E-state index >= 15 is 0 Å². The molecule has 0 saturated heterocycles. The van der Waals surface area contributed by atoms with Crippen LogP contribution in [-0.2, 0) is 6.42 Å². The smallest absolute Gasteiger partial charge is 0.202 e. The summed E-state index contributed by atoms with van der Waals surface area (Å²) in [6, 6.07) is 10.1. The van der Waals surface area contributed by atoms with E-state index in [0.717, 1.165) is 0 Å². The van der Waals surface area contributed by atoms with Crippen LogP contribution in [0.1, 0.15) is 16.7 Å². The van der Waals surface area contributed by atoms with Gasteiger partial charge in [0.15, 0.2) is 5.43 Å². The Morgan fingerprint density at radius 1 is 1.00 bits per heavy atom. The molecule has 148 valence electrons. The van der Waals surface area contributed by atoms with Gasteiger partial charge in [-0.25, -0.2) is 0 Å². The van der Waals surface area contributed by atoms with Gasteiger partial charge in [0.05, 0.1) is 22.6 Å². The third-order valence-electron chi connectivity index (χ3n) is 5.16. The molecule has 30 heavy (non-hydrogen) atoms. The zero-order valence-corrected chi connectivity index (χ0v) is 15.8. The molecule has 0 radical (unpaired) electrons. The Kier molecular flexibility index (Phi) is 4.03. The first-order valence-electron chi connectivity index (χ1n) is 9.21. The number of rotatable bonds is 3. The van der Waals surface area contributed by atoms with Gasteiger partial charge in [-0.2, -0.15) is 0 Å². The van der Waals surface area contributed by atoms with Crippen LogP contribution in [0.25, 0.3) is 33.2 Å². The highest BCUT2D eigenvalue weighted by molar-refractivity contribution is 5.87. The number of aromatic nitrogens is 1. The van der Waals surface area contributed by atoms with Crippen LogP contribution in [0, 0.1) is 6.92 Å². The molecule has 5 aromatic rings. The quantitative estimate of drug-likeness (QED) is 0.484. The SMILES string of the molecule is Cc1cc2c(=O)c(-c3ccon3)coc2c(Cc2coc3ccccc3c2=O)c1O. The van der Waals surface area contributed by atoms with Crippen LogP contribution in [-0.4, -0.2) is 10.3 Å². The number of phenolic OH excluding ortho intramolecular Hbond substituents is 1. The Hall–Kier alpha value is -4.13. The lowest BCUT2D eigenvalue weighted by Gasteiger charge is -2.11. The van der Waals surface area contributed by atoms with Crippen molar-refractivity contribution >= 4 is 21.9 Å². The predicted molar refractivity (Wildman–Crippen MR) is 110 cm³/mol. The normalized spacial score (nSPS) is 11.4. The molecule has 0 aliphatic carbocycles. The van der Waals surface area contributed by atoms with Gasteiger partial charge in [0.2, 0.25) is 5.43 Å². The van der Waals surface area contributed by atoms with Crippen molar-refractivity contribution in [1.29, 1.82) is 0 Å². The van der Waals surface area contributed by atoms with E-state index in [1.165, 1.54) is 18.8 Å². The first-order chi connectivity index (χ1) is 14.5. The average Bonchev–Trinajstić information content (AvgIpc) is 3.28. The predicted octanol–water partition coefficient (Wildman–Crippen LogP) is 4.16. The van der Waals surface area contributed by atoms with Crippen molar-refractivity contribution in [3.63, 3.8) is 0 Å². The van der Waals surface area contributed by atoms with Gasteiger partial charge < -0.3 is 18.5 Å². The number of phenols is 1. The molecule has 0 amide bonds. The topological polar surface area (TPSA) is 107 Å². The standard InChI is InChI=1S/C23H15NO6/c1-12-8-15-22(27)17(18-6-7-30-24-18)11-29-23(15)16(20(12)25)9-13-10-28-19-5-3-2-4-14(19)21(13)26/h2-8,10-11,25H,9H2,1H3. The van der Waals surface area contributed by atoms with Crippen LogP contribution in [0.3, 0.4) is 0 Å². The van der Waals surface area contributed by atoms with E-state index in [9.17, 15) is 14.7 Å². The van der Waals surface area contributed by atoms with E-state index in [4.69, 9.17) is 13.4 Å². The third kappa shape index (κ3) is 2.71. The minimum atomic E-state index is -0.306. The van der Waals surface area contributed by atoms with Crippen molar-refractivity contribution in [2.24, 2.45) is 0 Å². The van der Waals surface area contributed by atoms with Crippen molar-refractivity contribution in [2.75, 3.05) is 0 Å². The van der Waals surface area contributed by atoms with Gasteiger partial charge >= 0.3 is 0 Å². The van der Waals surface area contributed by atoms with E-state index in [-0.39, 0.29) is 39.6 Å². The van der Waals surface area contributed by atoms with Gasteiger partial charge in [-0.15, -0.1) is 0 Å². The molecule has 0 unspecified atom stereocenters. The van der Waals surface area contributed by atoms with Crippen LogP contribution < -0.4 is 10.9 Å². The second kappa shape index (κ2) is 6.73. The second-order valence-corrected chi connectivity index (χ2v) is 7.02. The average molecular weight is 401 g/mol. The number of aromatic hydroxyl groups is 1. The van der Waals surface area contributed by atoms with Gasteiger partial charge in [0.25, 0.3) is 0 Å². The molecule has 0 fully saturated rings. The number of fused-ring (bicyclic) bond motifs is 2. The van der Waals surface area contributed by atoms with Gasteiger partial charge in [-0.3, -0.25) is 9.59 Å². The molecule has 0 aliphatic heterocycles. The van der Waals surface area contributed by atoms with Crippen LogP contribution in [0.15, 0.2) is 78.1 Å². The minimum Gasteiger partial charge on any atom is -0.507 e. The first kappa shape index (κ1) is 17.9. The van der Waals surface area contributed by atoms with E-state index in [1.54, 1.807) is 43.3 Å². The van der Waals surface area contributed by atoms with Gasteiger partial charge in [-0.1, -0.05) is 17.3 Å². The fourth-order valence-electron chi connectivity index (χ4n) is 3.60.